The lowest BCUT2D eigenvalue weighted by Gasteiger charge is -2.34. The van der Waals surface area contributed by atoms with Gasteiger partial charge >= 0.3 is 6.09 Å². The number of likely N-dealkylation sites (tertiary alicyclic amines) is 2. The summed E-state index contributed by atoms with van der Waals surface area (Å²) in [7, 11) is 2.87. The fourth-order valence-electron chi connectivity index (χ4n) is 9.21. The molecule has 6 rings (SSSR count). The number of nitrogens with zero attached hydrogens (tertiary/aromatic N) is 3. The number of carbonyl (C=O) groups is 5. The zero-order chi connectivity index (χ0) is 44.7. The molecule has 334 valence electrons. The van der Waals surface area contributed by atoms with Crippen LogP contribution in [0.2, 0.25) is 0 Å². The topological polar surface area (TPSA) is 150 Å². The van der Waals surface area contributed by atoms with Crippen LogP contribution >= 0.6 is 0 Å². The van der Waals surface area contributed by atoms with Crippen LogP contribution in [0.3, 0.4) is 0 Å². The number of rotatable bonds is 14. The number of amides is 5. The average molecular weight is 851 g/mol. The lowest BCUT2D eigenvalue weighted by atomic mass is 9.87. The zero-order valence-electron chi connectivity index (χ0n) is 37.7. The Labute approximate surface area is 367 Å². The molecule has 3 aromatic carbocycles. The molecular formula is C49H66N6O7. The number of anilines is 3. The van der Waals surface area contributed by atoms with Crippen molar-refractivity contribution in [1.29, 1.82) is 0 Å². The van der Waals surface area contributed by atoms with Gasteiger partial charge in [0.05, 0.1) is 31.7 Å². The van der Waals surface area contributed by atoms with Crippen molar-refractivity contribution in [2.24, 2.45) is 5.92 Å². The second-order valence-corrected chi connectivity index (χ2v) is 18.3. The second-order valence-electron chi connectivity index (χ2n) is 18.3. The molecule has 0 bridgehead atoms. The molecule has 0 radical (unpaired) electrons. The Morgan fingerprint density at radius 1 is 0.710 bits per heavy atom. The lowest BCUT2D eigenvalue weighted by molar-refractivity contribution is -0.139. The molecule has 0 unspecified atom stereocenters. The van der Waals surface area contributed by atoms with Crippen molar-refractivity contribution in [1.82, 2.24) is 15.1 Å². The molecular weight excluding hydrogens is 785 g/mol. The third-order valence-electron chi connectivity index (χ3n) is 12.8. The van der Waals surface area contributed by atoms with Gasteiger partial charge in [0.2, 0.25) is 23.6 Å². The molecule has 3 aliphatic heterocycles. The summed E-state index contributed by atoms with van der Waals surface area (Å²) in [6, 6.07) is 23.1. The Balaban J connectivity index is 1.17. The van der Waals surface area contributed by atoms with Gasteiger partial charge in [-0.25, -0.2) is 4.79 Å². The van der Waals surface area contributed by atoms with E-state index in [0.717, 1.165) is 42.5 Å². The number of carbonyl (C=O) groups excluding carboxylic acids is 5. The minimum absolute atomic E-state index is 0.00639. The van der Waals surface area contributed by atoms with Crippen molar-refractivity contribution in [3.8, 4) is 0 Å². The Morgan fingerprint density at radius 3 is 1.66 bits per heavy atom. The number of alkyl carbamates (subject to hydrolysis) is 1. The van der Waals surface area contributed by atoms with Crippen LogP contribution in [-0.4, -0.2) is 91.1 Å². The Bertz CT molecular complexity index is 2030. The molecule has 3 saturated heterocycles. The van der Waals surface area contributed by atoms with Crippen molar-refractivity contribution in [2.75, 3.05) is 42.8 Å². The first kappa shape index (κ1) is 46.1. The molecule has 3 N–H and O–H groups in total. The number of ether oxygens (including phenoxy) is 2. The van der Waals surface area contributed by atoms with Crippen molar-refractivity contribution >= 4 is 46.8 Å². The molecule has 3 heterocycles. The molecule has 0 aliphatic carbocycles. The highest BCUT2D eigenvalue weighted by Gasteiger charge is 2.40. The molecule has 3 aromatic rings. The van der Waals surface area contributed by atoms with Gasteiger partial charge in [-0.1, -0.05) is 77.9 Å². The first-order valence-corrected chi connectivity index (χ1v) is 22.3. The maximum absolute atomic E-state index is 13.7. The van der Waals surface area contributed by atoms with Crippen molar-refractivity contribution < 1.29 is 33.4 Å². The molecule has 62 heavy (non-hydrogen) atoms. The van der Waals surface area contributed by atoms with Gasteiger partial charge in [-0.2, -0.15) is 0 Å². The normalized spacial score (nSPS) is 21.1. The highest BCUT2D eigenvalue weighted by molar-refractivity contribution is 5.99. The third-order valence-corrected chi connectivity index (χ3v) is 12.8. The van der Waals surface area contributed by atoms with E-state index >= 15 is 0 Å². The van der Waals surface area contributed by atoms with E-state index in [1.165, 1.54) is 12.7 Å². The number of benzene rings is 3. The van der Waals surface area contributed by atoms with E-state index in [4.69, 9.17) is 9.47 Å². The predicted octanol–water partition coefficient (Wildman–Crippen LogP) is 8.12. The molecule has 6 atom stereocenters. The quantitative estimate of drug-likeness (QED) is 0.147. The first-order chi connectivity index (χ1) is 29.6. The van der Waals surface area contributed by atoms with Crippen LogP contribution in [0.15, 0.2) is 72.8 Å². The molecule has 3 fully saturated rings. The van der Waals surface area contributed by atoms with E-state index in [-0.39, 0.29) is 59.6 Å². The van der Waals surface area contributed by atoms with Crippen molar-refractivity contribution in [3.05, 3.63) is 89.5 Å². The summed E-state index contributed by atoms with van der Waals surface area (Å²) in [5, 5.41) is 8.77. The van der Waals surface area contributed by atoms with Crippen LogP contribution in [0.1, 0.15) is 122 Å². The maximum atomic E-state index is 13.7. The van der Waals surface area contributed by atoms with Gasteiger partial charge in [0, 0.05) is 37.3 Å². The minimum atomic E-state index is -0.802. The van der Waals surface area contributed by atoms with Crippen LogP contribution < -0.4 is 20.9 Å². The second kappa shape index (κ2) is 20.2. The number of hydrogen-bond acceptors (Lipinski definition) is 8. The number of nitrogens with one attached hydrogen (secondary N) is 3. The van der Waals surface area contributed by atoms with Gasteiger partial charge in [0.25, 0.3) is 0 Å². The summed E-state index contributed by atoms with van der Waals surface area (Å²) in [5.41, 5.74) is 5.95. The van der Waals surface area contributed by atoms with E-state index in [2.05, 4.69) is 90.2 Å². The van der Waals surface area contributed by atoms with Crippen LogP contribution in [-0.2, 0) is 34.1 Å². The zero-order valence-corrected chi connectivity index (χ0v) is 37.7. The van der Waals surface area contributed by atoms with E-state index in [1.54, 1.807) is 16.9 Å². The molecule has 0 saturated carbocycles. The van der Waals surface area contributed by atoms with Gasteiger partial charge in [-0.05, 0) is 109 Å². The molecule has 0 aromatic heterocycles. The van der Waals surface area contributed by atoms with Gasteiger partial charge in [0.15, 0.2) is 0 Å². The van der Waals surface area contributed by atoms with E-state index in [1.807, 2.05) is 45.0 Å². The smallest absolute Gasteiger partial charge is 0.407 e. The molecule has 0 spiro atoms. The summed E-state index contributed by atoms with van der Waals surface area (Å²) >= 11 is 0. The fourth-order valence-corrected chi connectivity index (χ4v) is 9.21. The molecule has 13 heteroatoms. The van der Waals surface area contributed by atoms with Crippen LogP contribution in [0.5, 0.6) is 0 Å². The highest BCUT2D eigenvalue weighted by Crippen LogP contribution is 2.47. The van der Waals surface area contributed by atoms with Crippen LogP contribution in [0.4, 0.5) is 21.9 Å². The third kappa shape index (κ3) is 10.6. The Morgan fingerprint density at radius 2 is 1.21 bits per heavy atom. The van der Waals surface area contributed by atoms with E-state index in [0.29, 0.717) is 43.7 Å². The Kier molecular flexibility index (Phi) is 15.0. The minimum Gasteiger partial charge on any atom is -0.453 e. The van der Waals surface area contributed by atoms with Gasteiger partial charge in [-0.3, -0.25) is 19.2 Å². The average Bonchev–Trinajstić information content (AvgIpc) is 4.06. The van der Waals surface area contributed by atoms with Crippen LogP contribution in [0, 0.1) is 5.92 Å². The van der Waals surface area contributed by atoms with Crippen LogP contribution in [0.25, 0.3) is 0 Å². The summed E-state index contributed by atoms with van der Waals surface area (Å²) in [4.78, 5) is 71.6. The molecule has 5 amide bonds. The SMILES string of the molecule is CC[C@@H](CC(=O)N1CCC[C@H]1C(=O)Nc1ccc([C@@H]2CC[C@@H](c3ccc(NC(=O)[C@@H]4CCCN4C(=O)[C@@H](NC(=O)OC)C(C)C)cc3)N2c2ccc(C(C)(C)C)cc2)cc1)OC. The van der Waals surface area contributed by atoms with E-state index < -0.39 is 24.2 Å². The number of hydrogen-bond donors (Lipinski definition) is 3. The Hall–Kier alpha value is -5.43. The van der Waals surface area contributed by atoms with Gasteiger partial charge in [-0.15, -0.1) is 0 Å². The maximum Gasteiger partial charge on any atom is 0.407 e. The highest BCUT2D eigenvalue weighted by atomic mass is 16.5. The monoisotopic (exact) mass is 850 g/mol. The largest absolute Gasteiger partial charge is 0.453 e. The van der Waals surface area contributed by atoms with E-state index in [9.17, 15) is 24.0 Å². The van der Waals surface area contributed by atoms with Crippen molar-refractivity contribution in [3.63, 3.8) is 0 Å². The van der Waals surface area contributed by atoms with Gasteiger partial charge in [0.1, 0.15) is 18.1 Å². The first-order valence-electron chi connectivity index (χ1n) is 22.3. The van der Waals surface area contributed by atoms with Crippen molar-refractivity contribution in [2.45, 2.75) is 135 Å². The summed E-state index contributed by atoms with van der Waals surface area (Å²) in [6.45, 7) is 13.3. The fraction of sp³-hybridized carbons (Fsp3) is 0.531. The standard InChI is InChI=1S/C49H66N6O7/c1-9-38(61-7)30-43(56)53-28-10-12-41(53)45(57)50-35-20-14-32(15-21-35)39-26-27-40(55(39)37-24-18-34(19-25-37)49(4,5)6)33-16-22-36(23-17-33)51-46(58)42-13-11-29-54(42)47(59)44(31(2)3)52-48(60)62-8/h14-25,31,38-42,44H,9-13,26-30H2,1-8H3,(H,50,57)(H,51,58)(H,52,60)/t38-,39-,40-,41-,42-,44-/m0/s1. The summed E-state index contributed by atoms with van der Waals surface area (Å²) < 4.78 is 10.2. The molecule has 13 nitrogen and oxygen atoms in total. The number of methoxy groups -OCH3 is 2. The lowest BCUT2D eigenvalue weighted by Crippen LogP contribution is -2.54. The molecule has 3 aliphatic rings. The summed E-state index contributed by atoms with van der Waals surface area (Å²) in [5.74, 6) is -0.960. The summed E-state index contributed by atoms with van der Waals surface area (Å²) in [6.07, 6.45) is 4.62. The predicted molar refractivity (Wildman–Crippen MR) is 242 cm³/mol. The van der Waals surface area contributed by atoms with Gasteiger partial charge < -0.3 is 40.1 Å².